The third kappa shape index (κ3) is 3.29. The summed E-state index contributed by atoms with van der Waals surface area (Å²) in [5, 5.41) is 15.6. The third-order valence-electron chi connectivity index (χ3n) is 3.19. The van der Waals surface area contributed by atoms with E-state index in [1.165, 1.54) is 11.4 Å². The molecule has 0 aromatic carbocycles. The Kier molecular flexibility index (Phi) is 4.71. The Morgan fingerprint density at radius 2 is 2.14 bits per heavy atom. The Hall–Kier alpha value is -1.77. The van der Waals surface area contributed by atoms with Crippen molar-refractivity contribution in [3.8, 4) is 0 Å². The molecule has 0 aliphatic heterocycles. The van der Waals surface area contributed by atoms with E-state index in [1.54, 1.807) is 13.1 Å². The molecule has 8 heteroatoms. The number of aliphatic hydroxyl groups excluding tert-OH is 1. The van der Waals surface area contributed by atoms with Gasteiger partial charge in [-0.2, -0.15) is 5.10 Å². The van der Waals surface area contributed by atoms with Crippen LogP contribution in [-0.2, 0) is 23.1 Å². The summed E-state index contributed by atoms with van der Waals surface area (Å²) < 4.78 is 26.3. The first-order chi connectivity index (χ1) is 9.96. The molecule has 2 aromatic heterocycles. The van der Waals surface area contributed by atoms with Crippen LogP contribution in [0.3, 0.4) is 0 Å². The second-order valence-electron chi connectivity index (χ2n) is 4.68. The lowest BCUT2D eigenvalue weighted by atomic mass is 10.3. The quantitative estimate of drug-likeness (QED) is 0.808. The minimum atomic E-state index is -3.69. The van der Waals surface area contributed by atoms with E-state index in [9.17, 15) is 13.5 Å². The molecular weight excluding hydrogens is 292 g/mol. The number of sulfonamides is 1. The van der Waals surface area contributed by atoms with Crippen molar-refractivity contribution in [2.75, 3.05) is 13.6 Å². The smallest absolute Gasteiger partial charge is 0.246 e. The average Bonchev–Trinajstić information content (AvgIpc) is 2.87. The monoisotopic (exact) mass is 310 g/mol. The van der Waals surface area contributed by atoms with Gasteiger partial charge in [0.15, 0.2) is 0 Å². The number of aliphatic hydroxyl groups is 1. The number of rotatable bonds is 6. The molecule has 7 nitrogen and oxygen atoms in total. The van der Waals surface area contributed by atoms with E-state index in [4.69, 9.17) is 0 Å². The summed E-state index contributed by atoms with van der Waals surface area (Å²) in [6.07, 6.45) is 2.19. The molecule has 0 spiro atoms. The molecule has 21 heavy (non-hydrogen) atoms. The molecule has 0 bridgehead atoms. The van der Waals surface area contributed by atoms with Crippen molar-refractivity contribution in [3.05, 3.63) is 41.5 Å². The van der Waals surface area contributed by atoms with Crippen LogP contribution in [0, 0.1) is 6.92 Å². The molecule has 0 aliphatic rings. The van der Waals surface area contributed by atoms with Crippen LogP contribution >= 0.6 is 0 Å². The van der Waals surface area contributed by atoms with Gasteiger partial charge < -0.3 is 5.11 Å². The van der Waals surface area contributed by atoms with Gasteiger partial charge in [-0.3, -0.25) is 10.1 Å². The summed E-state index contributed by atoms with van der Waals surface area (Å²) in [6.45, 7) is 1.49. The highest BCUT2D eigenvalue weighted by Gasteiger charge is 2.28. The summed E-state index contributed by atoms with van der Waals surface area (Å²) in [5.41, 5.74) is 1.38. The van der Waals surface area contributed by atoms with Gasteiger partial charge in [0, 0.05) is 31.9 Å². The standard InChI is InChI=1S/C13H18N4O3S/c1-10-13(12(9-18)16-15-10)21(19,20)17(2)8-6-11-5-3-4-7-14-11/h3-5,7,18H,6,8-9H2,1-2H3,(H,15,16). The van der Waals surface area contributed by atoms with Crippen molar-refractivity contribution in [2.45, 2.75) is 24.8 Å². The van der Waals surface area contributed by atoms with Gasteiger partial charge >= 0.3 is 0 Å². The molecule has 0 radical (unpaired) electrons. The molecule has 0 fully saturated rings. The maximum atomic E-state index is 12.5. The molecule has 2 N–H and O–H groups in total. The fourth-order valence-corrected chi connectivity index (χ4v) is 3.50. The van der Waals surface area contributed by atoms with E-state index >= 15 is 0 Å². The van der Waals surface area contributed by atoms with E-state index in [-0.39, 0.29) is 10.6 Å². The highest BCUT2D eigenvalue weighted by Crippen LogP contribution is 2.21. The molecule has 114 valence electrons. The first-order valence-corrected chi connectivity index (χ1v) is 7.91. The van der Waals surface area contributed by atoms with E-state index in [0.717, 1.165) is 5.69 Å². The van der Waals surface area contributed by atoms with Gasteiger partial charge in [-0.15, -0.1) is 0 Å². The minimum Gasteiger partial charge on any atom is -0.390 e. The zero-order valence-electron chi connectivity index (χ0n) is 11.9. The van der Waals surface area contributed by atoms with Crippen LogP contribution in [0.25, 0.3) is 0 Å². The third-order valence-corrected chi connectivity index (χ3v) is 5.25. The largest absolute Gasteiger partial charge is 0.390 e. The number of pyridine rings is 1. The molecule has 0 amide bonds. The van der Waals surface area contributed by atoms with Crippen molar-refractivity contribution in [2.24, 2.45) is 0 Å². The summed E-state index contributed by atoms with van der Waals surface area (Å²) in [5.74, 6) is 0. The Balaban J connectivity index is 2.17. The molecular formula is C13H18N4O3S. The van der Waals surface area contributed by atoms with Crippen LogP contribution in [0.2, 0.25) is 0 Å². The zero-order valence-corrected chi connectivity index (χ0v) is 12.8. The predicted octanol–water partition coefficient (Wildman–Crippen LogP) is 0.469. The maximum absolute atomic E-state index is 12.5. The lowest BCUT2D eigenvalue weighted by Gasteiger charge is -2.17. The highest BCUT2D eigenvalue weighted by atomic mass is 32.2. The van der Waals surface area contributed by atoms with Crippen molar-refractivity contribution in [1.29, 1.82) is 0 Å². The Morgan fingerprint density at radius 3 is 2.76 bits per heavy atom. The first-order valence-electron chi connectivity index (χ1n) is 6.47. The number of hydrogen-bond acceptors (Lipinski definition) is 5. The van der Waals surface area contributed by atoms with E-state index in [1.807, 2.05) is 18.2 Å². The van der Waals surface area contributed by atoms with Crippen LogP contribution in [-0.4, -0.2) is 46.6 Å². The van der Waals surface area contributed by atoms with E-state index in [2.05, 4.69) is 15.2 Å². The van der Waals surface area contributed by atoms with Crippen molar-refractivity contribution in [3.63, 3.8) is 0 Å². The summed E-state index contributed by atoms with van der Waals surface area (Å²) in [7, 11) is -2.18. The lowest BCUT2D eigenvalue weighted by Crippen LogP contribution is -2.30. The van der Waals surface area contributed by atoms with Gasteiger partial charge in [-0.25, -0.2) is 12.7 Å². The van der Waals surface area contributed by atoms with Gasteiger partial charge in [0.2, 0.25) is 10.0 Å². The van der Waals surface area contributed by atoms with Gasteiger partial charge in [-0.1, -0.05) is 6.07 Å². The molecule has 2 heterocycles. The maximum Gasteiger partial charge on any atom is 0.246 e. The average molecular weight is 310 g/mol. The summed E-state index contributed by atoms with van der Waals surface area (Å²) >= 11 is 0. The molecule has 0 aliphatic carbocycles. The predicted molar refractivity (Wildman–Crippen MR) is 77.0 cm³/mol. The SMILES string of the molecule is Cc1[nH]nc(CO)c1S(=O)(=O)N(C)CCc1ccccn1. The summed E-state index contributed by atoms with van der Waals surface area (Å²) in [4.78, 5) is 4.22. The number of nitrogens with zero attached hydrogens (tertiary/aromatic N) is 3. The fourth-order valence-electron chi connectivity index (χ4n) is 2.01. The fraction of sp³-hybridized carbons (Fsp3) is 0.385. The number of likely N-dealkylation sites (N-methyl/N-ethyl adjacent to an activating group) is 1. The Labute approximate surface area is 123 Å². The number of aromatic amines is 1. The summed E-state index contributed by atoms with van der Waals surface area (Å²) in [6, 6.07) is 5.52. The number of aromatic nitrogens is 3. The van der Waals surface area contributed by atoms with Crippen molar-refractivity contribution >= 4 is 10.0 Å². The van der Waals surface area contributed by atoms with Crippen LogP contribution in [0.15, 0.2) is 29.3 Å². The number of aryl methyl sites for hydroxylation is 1. The van der Waals surface area contributed by atoms with Gasteiger partial charge in [0.1, 0.15) is 10.6 Å². The van der Waals surface area contributed by atoms with Crippen LogP contribution in [0.5, 0.6) is 0 Å². The van der Waals surface area contributed by atoms with Crippen LogP contribution in [0.1, 0.15) is 17.1 Å². The van der Waals surface area contributed by atoms with Crippen molar-refractivity contribution < 1.29 is 13.5 Å². The zero-order chi connectivity index (χ0) is 15.5. The van der Waals surface area contributed by atoms with Crippen LogP contribution < -0.4 is 0 Å². The number of hydrogen-bond donors (Lipinski definition) is 2. The van der Waals surface area contributed by atoms with Gasteiger partial charge in [0.25, 0.3) is 0 Å². The molecule has 2 aromatic rings. The molecule has 0 unspecified atom stereocenters. The van der Waals surface area contributed by atoms with Gasteiger partial charge in [0.05, 0.1) is 12.3 Å². The topological polar surface area (TPSA) is 99.2 Å². The van der Waals surface area contributed by atoms with E-state index < -0.39 is 16.6 Å². The second kappa shape index (κ2) is 6.33. The lowest BCUT2D eigenvalue weighted by molar-refractivity contribution is 0.273. The Bertz CT molecular complexity index is 697. The minimum absolute atomic E-state index is 0.0496. The van der Waals surface area contributed by atoms with Crippen LogP contribution in [0.4, 0.5) is 0 Å². The molecule has 0 atom stereocenters. The first kappa shape index (κ1) is 15.6. The van der Waals surface area contributed by atoms with E-state index in [0.29, 0.717) is 18.7 Å². The highest BCUT2D eigenvalue weighted by molar-refractivity contribution is 7.89. The normalized spacial score (nSPS) is 12.0. The molecule has 0 saturated carbocycles. The van der Waals surface area contributed by atoms with Crippen molar-refractivity contribution in [1.82, 2.24) is 19.5 Å². The van der Waals surface area contributed by atoms with Gasteiger partial charge in [-0.05, 0) is 19.1 Å². The molecule has 0 saturated heterocycles. The number of nitrogens with one attached hydrogen (secondary N) is 1. The second-order valence-corrected chi connectivity index (χ2v) is 6.66. The molecule has 2 rings (SSSR count). The number of H-pyrrole nitrogens is 1. The Morgan fingerprint density at radius 1 is 1.38 bits per heavy atom.